The van der Waals surface area contributed by atoms with Crippen molar-refractivity contribution in [1.29, 1.82) is 5.26 Å². The maximum atomic E-state index is 14.9. The van der Waals surface area contributed by atoms with Crippen LogP contribution in [0.3, 0.4) is 0 Å². The monoisotopic (exact) mass is 516 g/mol. The van der Waals surface area contributed by atoms with Gasteiger partial charge in [0.25, 0.3) is 6.43 Å². The Hall–Kier alpha value is -3.88. The molecule has 0 aliphatic rings. The Balaban J connectivity index is 1.84. The van der Waals surface area contributed by atoms with Crippen LogP contribution < -0.4 is 5.32 Å². The molecule has 4 aromatic rings. The van der Waals surface area contributed by atoms with E-state index >= 15 is 0 Å². The van der Waals surface area contributed by atoms with E-state index < -0.39 is 35.3 Å². The Bertz CT molecular complexity index is 1490. The third-order valence-corrected chi connectivity index (χ3v) is 5.52. The first kappa shape index (κ1) is 25.2. The lowest BCUT2D eigenvalue weighted by atomic mass is 10.0. The van der Waals surface area contributed by atoms with E-state index in [1.807, 2.05) is 0 Å². The van der Waals surface area contributed by atoms with Crippen molar-refractivity contribution in [3.63, 3.8) is 0 Å². The van der Waals surface area contributed by atoms with Gasteiger partial charge in [0.1, 0.15) is 28.7 Å². The van der Waals surface area contributed by atoms with Gasteiger partial charge in [-0.3, -0.25) is 4.98 Å². The molecule has 0 bridgehead atoms. The first-order chi connectivity index (χ1) is 17.0. The Labute approximate surface area is 207 Å². The van der Waals surface area contributed by atoms with Crippen LogP contribution in [0.25, 0.3) is 22.3 Å². The molecule has 7 nitrogen and oxygen atoms in total. The van der Waals surface area contributed by atoms with E-state index in [2.05, 4.69) is 25.3 Å². The van der Waals surface area contributed by atoms with Crippen LogP contribution in [0.5, 0.6) is 0 Å². The predicted octanol–water partition coefficient (Wildman–Crippen LogP) is 5.54. The molecule has 0 radical (unpaired) electrons. The molecule has 0 aliphatic carbocycles. The zero-order valence-corrected chi connectivity index (χ0v) is 19.5. The predicted molar refractivity (Wildman–Crippen MR) is 124 cm³/mol. The topological polar surface area (TPSA) is 108 Å². The molecule has 0 spiro atoms. The average Bonchev–Trinajstić information content (AvgIpc) is 2.83. The van der Waals surface area contributed by atoms with Gasteiger partial charge in [0.2, 0.25) is 0 Å². The van der Waals surface area contributed by atoms with Crippen LogP contribution in [0.4, 0.5) is 23.2 Å². The number of hydrogen-bond acceptors (Lipinski definition) is 7. The second-order valence-corrected chi connectivity index (χ2v) is 8.73. The van der Waals surface area contributed by atoms with Crippen LogP contribution in [0.1, 0.15) is 36.8 Å². The van der Waals surface area contributed by atoms with Crippen molar-refractivity contribution < 1.29 is 22.7 Å². The summed E-state index contributed by atoms with van der Waals surface area (Å²) in [5.74, 6) is -1.65. The molecule has 1 aromatic carbocycles. The number of nitrogens with one attached hydrogen (secondary N) is 1. The molecular weight excluding hydrogens is 500 g/mol. The highest BCUT2D eigenvalue weighted by molar-refractivity contribution is 6.34. The summed E-state index contributed by atoms with van der Waals surface area (Å²) in [7, 11) is 0. The highest BCUT2D eigenvalue weighted by atomic mass is 35.5. The molecule has 12 heteroatoms. The Kier molecular flexibility index (Phi) is 6.75. The number of hydrogen-bond donors (Lipinski definition) is 2. The fraction of sp³-hybridized carbons (Fsp3) is 0.208. The maximum absolute atomic E-state index is 14.9. The molecule has 3 heterocycles. The summed E-state index contributed by atoms with van der Waals surface area (Å²) in [5, 5.41) is 21.5. The lowest BCUT2D eigenvalue weighted by Crippen LogP contribution is -2.21. The van der Waals surface area contributed by atoms with Crippen LogP contribution in [0, 0.1) is 23.0 Å². The standard InChI is InChI=1S/C24H17ClF4N6O/c1-24(2,36)23-32-8-12(9-33-23)18-16(27)6-17-21(34-18)20(14(25)10-31-17)35-19(22(28)29)13-5-11(7-30)3-4-15(13)26/h3-6,8-10,19,22,36H,1-2H3,(H,31,35)/t19-/m1/s1. The minimum Gasteiger partial charge on any atom is -0.382 e. The molecule has 0 aliphatic heterocycles. The number of pyridine rings is 2. The van der Waals surface area contributed by atoms with Gasteiger partial charge in [-0.15, -0.1) is 0 Å². The zero-order valence-electron chi connectivity index (χ0n) is 18.8. The van der Waals surface area contributed by atoms with Gasteiger partial charge in [-0.05, 0) is 32.0 Å². The summed E-state index contributed by atoms with van der Waals surface area (Å²) in [6.07, 6.45) is 0.523. The Morgan fingerprint density at radius 3 is 2.36 bits per heavy atom. The number of anilines is 1. The van der Waals surface area contributed by atoms with Crippen molar-refractivity contribution in [3.05, 3.63) is 76.5 Å². The molecule has 1 atom stereocenters. The second kappa shape index (κ2) is 9.64. The summed E-state index contributed by atoms with van der Waals surface area (Å²) in [6, 6.07) is 4.00. The Morgan fingerprint density at radius 2 is 1.75 bits per heavy atom. The van der Waals surface area contributed by atoms with Gasteiger partial charge in [0.05, 0.1) is 27.9 Å². The lowest BCUT2D eigenvalue weighted by molar-refractivity contribution is 0.0687. The normalized spacial score (nSPS) is 12.6. The van der Waals surface area contributed by atoms with E-state index in [0.717, 1.165) is 30.5 Å². The second-order valence-electron chi connectivity index (χ2n) is 8.33. The number of benzene rings is 1. The van der Waals surface area contributed by atoms with E-state index in [1.165, 1.54) is 26.2 Å². The number of nitrogens with zero attached hydrogens (tertiary/aromatic N) is 5. The zero-order chi connectivity index (χ0) is 26.2. The molecule has 0 unspecified atom stereocenters. The summed E-state index contributed by atoms with van der Waals surface area (Å²) < 4.78 is 57.5. The number of fused-ring (bicyclic) bond motifs is 1. The summed E-state index contributed by atoms with van der Waals surface area (Å²) >= 11 is 6.24. The van der Waals surface area contributed by atoms with Crippen molar-refractivity contribution in [3.8, 4) is 17.3 Å². The molecule has 4 rings (SSSR count). The van der Waals surface area contributed by atoms with E-state index in [4.69, 9.17) is 16.9 Å². The van der Waals surface area contributed by atoms with Crippen LogP contribution in [0.15, 0.2) is 42.9 Å². The van der Waals surface area contributed by atoms with Gasteiger partial charge in [0.15, 0.2) is 11.6 Å². The fourth-order valence-corrected chi connectivity index (χ4v) is 3.65. The minimum absolute atomic E-state index is 0.00329. The number of aliphatic hydroxyl groups is 1. The van der Waals surface area contributed by atoms with E-state index in [9.17, 15) is 22.7 Å². The highest BCUT2D eigenvalue weighted by Gasteiger charge is 2.28. The maximum Gasteiger partial charge on any atom is 0.262 e. The van der Waals surface area contributed by atoms with Gasteiger partial charge in [-0.1, -0.05) is 11.6 Å². The number of nitriles is 1. The van der Waals surface area contributed by atoms with Crippen molar-refractivity contribution in [2.45, 2.75) is 31.9 Å². The third-order valence-electron chi connectivity index (χ3n) is 5.23. The van der Waals surface area contributed by atoms with Crippen molar-refractivity contribution >= 4 is 28.3 Å². The highest BCUT2D eigenvalue weighted by Crippen LogP contribution is 2.36. The molecule has 0 fully saturated rings. The summed E-state index contributed by atoms with van der Waals surface area (Å²) in [6.45, 7) is 2.97. The van der Waals surface area contributed by atoms with Crippen LogP contribution >= 0.6 is 11.6 Å². The van der Waals surface area contributed by atoms with Crippen molar-refractivity contribution in [2.24, 2.45) is 0 Å². The minimum atomic E-state index is -3.12. The summed E-state index contributed by atoms with van der Waals surface area (Å²) in [4.78, 5) is 16.3. The van der Waals surface area contributed by atoms with E-state index in [-0.39, 0.29) is 44.4 Å². The van der Waals surface area contributed by atoms with Gasteiger partial charge in [0, 0.05) is 35.8 Å². The average molecular weight is 517 g/mol. The van der Waals surface area contributed by atoms with Crippen molar-refractivity contribution in [2.75, 3.05) is 5.32 Å². The van der Waals surface area contributed by atoms with E-state index in [1.54, 1.807) is 6.07 Å². The molecule has 0 saturated heterocycles. The molecule has 184 valence electrons. The quantitative estimate of drug-likeness (QED) is 0.324. The van der Waals surface area contributed by atoms with Crippen LogP contribution in [-0.4, -0.2) is 31.5 Å². The first-order valence-corrected chi connectivity index (χ1v) is 10.8. The van der Waals surface area contributed by atoms with Gasteiger partial charge in [-0.25, -0.2) is 32.5 Å². The van der Waals surface area contributed by atoms with Crippen LogP contribution in [0.2, 0.25) is 5.02 Å². The number of aromatic nitrogens is 4. The molecule has 0 amide bonds. The number of halogens is 5. The molecular formula is C24H17ClF4N6O. The van der Waals surface area contributed by atoms with Gasteiger partial charge < -0.3 is 10.4 Å². The SMILES string of the molecule is CC(C)(O)c1ncc(-c2nc3c(N[C@H](c4cc(C#N)ccc4F)C(F)F)c(Cl)cnc3cc2F)cn1. The summed E-state index contributed by atoms with van der Waals surface area (Å²) in [5.41, 5.74) is -2.07. The first-order valence-electron chi connectivity index (χ1n) is 10.4. The van der Waals surface area contributed by atoms with E-state index in [0.29, 0.717) is 0 Å². The fourth-order valence-electron chi connectivity index (χ4n) is 3.46. The van der Waals surface area contributed by atoms with Gasteiger partial charge >= 0.3 is 0 Å². The third kappa shape index (κ3) is 4.91. The Morgan fingerprint density at radius 1 is 1.06 bits per heavy atom. The molecule has 2 N–H and O–H groups in total. The van der Waals surface area contributed by atoms with Gasteiger partial charge in [-0.2, -0.15) is 5.26 Å². The van der Waals surface area contributed by atoms with Crippen molar-refractivity contribution in [1.82, 2.24) is 19.9 Å². The number of rotatable bonds is 6. The molecule has 36 heavy (non-hydrogen) atoms. The molecule has 3 aromatic heterocycles. The largest absolute Gasteiger partial charge is 0.382 e. The van der Waals surface area contributed by atoms with Crippen LogP contribution in [-0.2, 0) is 5.60 Å². The number of alkyl halides is 2. The lowest BCUT2D eigenvalue weighted by Gasteiger charge is -2.22. The molecule has 0 saturated carbocycles. The smallest absolute Gasteiger partial charge is 0.262 e.